The summed E-state index contributed by atoms with van der Waals surface area (Å²) in [6.07, 6.45) is 11.3. The Morgan fingerprint density at radius 3 is 2.26 bits per heavy atom. The van der Waals surface area contributed by atoms with E-state index >= 15 is 0 Å². The summed E-state index contributed by atoms with van der Waals surface area (Å²) in [5.41, 5.74) is 3.19. The summed E-state index contributed by atoms with van der Waals surface area (Å²) >= 11 is 0. The van der Waals surface area contributed by atoms with Crippen LogP contribution in [0.3, 0.4) is 0 Å². The lowest BCUT2D eigenvalue weighted by atomic mass is 10.1. The third kappa shape index (κ3) is 4.18. The van der Waals surface area contributed by atoms with Crippen LogP contribution < -0.4 is 4.57 Å². The van der Waals surface area contributed by atoms with Crippen molar-refractivity contribution in [1.29, 1.82) is 0 Å². The normalized spacial score (nSPS) is 10.8. The van der Waals surface area contributed by atoms with Crippen molar-refractivity contribution < 1.29 is 9.36 Å². The Morgan fingerprint density at radius 2 is 1.63 bits per heavy atom. The fraction of sp³-hybridized carbons (Fsp3) is 0.176. The molecule has 0 radical (unpaired) electrons. The Hall–Kier alpha value is -2.22. The predicted octanol–water partition coefficient (Wildman–Crippen LogP) is 2.97. The quantitative estimate of drug-likeness (QED) is 0.592. The van der Waals surface area contributed by atoms with Crippen molar-refractivity contribution in [3.05, 3.63) is 71.6 Å². The van der Waals surface area contributed by atoms with E-state index in [4.69, 9.17) is 0 Å². The lowest BCUT2D eigenvalue weighted by Gasteiger charge is -1.97. The van der Waals surface area contributed by atoms with Crippen molar-refractivity contribution in [3.63, 3.8) is 0 Å². The summed E-state index contributed by atoms with van der Waals surface area (Å²) in [6.45, 7) is 0. The first-order valence-electron chi connectivity index (χ1n) is 6.44. The van der Waals surface area contributed by atoms with E-state index in [1.54, 1.807) is 0 Å². The monoisotopic (exact) mass is 252 g/mol. The maximum atomic E-state index is 10.5. The third-order valence-corrected chi connectivity index (χ3v) is 3.03. The smallest absolute Gasteiger partial charge is 0.168 e. The SMILES string of the molecule is C[n+]1ccc(CCC=Cc2ccc(C=O)cc2)cc1. The van der Waals surface area contributed by atoms with Gasteiger partial charge in [-0.3, -0.25) is 4.79 Å². The van der Waals surface area contributed by atoms with E-state index in [-0.39, 0.29) is 0 Å². The summed E-state index contributed by atoms with van der Waals surface area (Å²) < 4.78 is 2.04. The second kappa shape index (κ2) is 6.64. The average molecular weight is 252 g/mol. The number of aryl methyl sites for hydroxylation is 2. The van der Waals surface area contributed by atoms with Crippen molar-refractivity contribution in [2.75, 3.05) is 0 Å². The minimum atomic E-state index is 0.717. The highest BCUT2D eigenvalue weighted by molar-refractivity contribution is 5.75. The number of nitrogens with zero attached hydrogens (tertiary/aromatic N) is 1. The Labute approximate surface area is 114 Å². The summed E-state index contributed by atoms with van der Waals surface area (Å²) in [4.78, 5) is 10.5. The molecule has 0 saturated carbocycles. The van der Waals surface area contributed by atoms with E-state index in [2.05, 4.69) is 36.7 Å². The molecule has 0 amide bonds. The molecule has 0 aliphatic rings. The molecule has 0 aliphatic carbocycles. The van der Waals surface area contributed by atoms with Crippen molar-refractivity contribution in [3.8, 4) is 0 Å². The Balaban J connectivity index is 1.85. The molecule has 2 heteroatoms. The van der Waals surface area contributed by atoms with Gasteiger partial charge in [0.25, 0.3) is 0 Å². The Bertz CT molecular complexity index is 553. The third-order valence-electron chi connectivity index (χ3n) is 3.03. The molecule has 1 heterocycles. The highest BCUT2D eigenvalue weighted by Gasteiger charge is 1.94. The van der Waals surface area contributed by atoms with Gasteiger partial charge < -0.3 is 0 Å². The minimum Gasteiger partial charge on any atom is -0.298 e. The first-order chi connectivity index (χ1) is 9.28. The van der Waals surface area contributed by atoms with Gasteiger partial charge in [0.15, 0.2) is 12.4 Å². The topological polar surface area (TPSA) is 20.9 Å². The van der Waals surface area contributed by atoms with E-state index in [9.17, 15) is 4.79 Å². The second-order valence-electron chi connectivity index (χ2n) is 4.60. The molecule has 1 aromatic carbocycles. The zero-order chi connectivity index (χ0) is 13.5. The average Bonchev–Trinajstić information content (AvgIpc) is 2.46. The Morgan fingerprint density at radius 1 is 1.00 bits per heavy atom. The van der Waals surface area contributed by atoms with Crippen LogP contribution in [0.15, 0.2) is 54.9 Å². The molecular weight excluding hydrogens is 234 g/mol. The summed E-state index contributed by atoms with van der Waals surface area (Å²) in [6, 6.07) is 11.9. The number of pyridine rings is 1. The molecule has 19 heavy (non-hydrogen) atoms. The van der Waals surface area contributed by atoms with E-state index < -0.39 is 0 Å². The van der Waals surface area contributed by atoms with Crippen molar-refractivity contribution in [1.82, 2.24) is 0 Å². The van der Waals surface area contributed by atoms with E-state index in [1.165, 1.54) is 5.56 Å². The molecule has 0 N–H and O–H groups in total. The largest absolute Gasteiger partial charge is 0.298 e. The number of carbonyl (C=O) groups is 1. The summed E-state index contributed by atoms with van der Waals surface area (Å²) in [5, 5.41) is 0. The Kier molecular flexibility index (Phi) is 4.62. The van der Waals surface area contributed by atoms with Crippen LogP contribution in [0.2, 0.25) is 0 Å². The van der Waals surface area contributed by atoms with Gasteiger partial charge in [0.05, 0.1) is 0 Å². The second-order valence-corrected chi connectivity index (χ2v) is 4.60. The predicted molar refractivity (Wildman–Crippen MR) is 76.8 cm³/mol. The van der Waals surface area contributed by atoms with Crippen LogP contribution in [0.1, 0.15) is 27.9 Å². The molecular formula is C17H18NO+. The molecule has 2 rings (SSSR count). The standard InChI is InChI=1S/C17H18NO/c1-18-12-10-16(11-13-18)5-3-2-4-15-6-8-17(14-19)9-7-15/h2,4,6-14H,3,5H2,1H3/q+1. The molecule has 2 nitrogen and oxygen atoms in total. The summed E-state index contributed by atoms with van der Waals surface area (Å²) in [7, 11) is 2.02. The lowest BCUT2D eigenvalue weighted by molar-refractivity contribution is -0.671. The van der Waals surface area contributed by atoms with Crippen LogP contribution in [-0.4, -0.2) is 6.29 Å². The van der Waals surface area contributed by atoms with Gasteiger partial charge in [0.1, 0.15) is 13.3 Å². The fourth-order valence-corrected chi connectivity index (χ4v) is 1.85. The van der Waals surface area contributed by atoms with Gasteiger partial charge in [0, 0.05) is 17.7 Å². The van der Waals surface area contributed by atoms with Gasteiger partial charge in [-0.25, -0.2) is 4.57 Å². The van der Waals surface area contributed by atoms with Gasteiger partial charge in [-0.05, 0) is 24.0 Å². The fourth-order valence-electron chi connectivity index (χ4n) is 1.85. The molecule has 0 bridgehead atoms. The zero-order valence-electron chi connectivity index (χ0n) is 11.1. The number of aromatic nitrogens is 1. The highest BCUT2D eigenvalue weighted by Crippen LogP contribution is 2.07. The molecule has 2 aromatic rings. The van der Waals surface area contributed by atoms with Crippen LogP contribution in [-0.2, 0) is 13.5 Å². The van der Waals surface area contributed by atoms with Crippen molar-refractivity contribution in [2.45, 2.75) is 12.8 Å². The maximum Gasteiger partial charge on any atom is 0.168 e. The van der Waals surface area contributed by atoms with E-state index in [1.807, 2.05) is 35.9 Å². The highest BCUT2D eigenvalue weighted by atomic mass is 16.1. The molecule has 0 spiro atoms. The van der Waals surface area contributed by atoms with Crippen molar-refractivity contribution >= 4 is 12.4 Å². The number of hydrogen-bond acceptors (Lipinski definition) is 1. The molecule has 0 unspecified atom stereocenters. The van der Waals surface area contributed by atoms with Gasteiger partial charge in [0.2, 0.25) is 0 Å². The van der Waals surface area contributed by atoms with Gasteiger partial charge >= 0.3 is 0 Å². The molecule has 0 aliphatic heterocycles. The number of allylic oxidation sites excluding steroid dienone is 1. The van der Waals surface area contributed by atoms with Gasteiger partial charge in [-0.15, -0.1) is 0 Å². The number of hydrogen-bond donors (Lipinski definition) is 0. The van der Waals surface area contributed by atoms with Crippen molar-refractivity contribution in [2.24, 2.45) is 7.05 Å². The van der Waals surface area contributed by atoms with E-state index in [0.29, 0.717) is 5.56 Å². The minimum absolute atomic E-state index is 0.717. The number of rotatable bonds is 5. The van der Waals surface area contributed by atoms with E-state index in [0.717, 1.165) is 24.7 Å². The molecule has 96 valence electrons. The lowest BCUT2D eigenvalue weighted by Crippen LogP contribution is -2.25. The first kappa shape index (κ1) is 13.2. The summed E-state index contributed by atoms with van der Waals surface area (Å²) in [5.74, 6) is 0. The number of aldehydes is 1. The number of benzene rings is 1. The number of carbonyl (C=O) groups excluding carboxylic acids is 1. The molecule has 0 saturated heterocycles. The van der Waals surface area contributed by atoms with Crippen LogP contribution in [0, 0.1) is 0 Å². The first-order valence-corrected chi connectivity index (χ1v) is 6.44. The van der Waals surface area contributed by atoms with Crippen LogP contribution in [0.4, 0.5) is 0 Å². The molecule has 0 atom stereocenters. The van der Waals surface area contributed by atoms with Gasteiger partial charge in [-0.1, -0.05) is 36.4 Å². The molecule has 1 aromatic heterocycles. The maximum absolute atomic E-state index is 10.5. The zero-order valence-corrected chi connectivity index (χ0v) is 11.1. The van der Waals surface area contributed by atoms with Crippen LogP contribution >= 0.6 is 0 Å². The van der Waals surface area contributed by atoms with Crippen LogP contribution in [0.25, 0.3) is 6.08 Å². The molecule has 0 fully saturated rings. The van der Waals surface area contributed by atoms with Gasteiger partial charge in [-0.2, -0.15) is 0 Å². The van der Waals surface area contributed by atoms with Crippen LogP contribution in [0.5, 0.6) is 0 Å².